The maximum atomic E-state index is 15.7. The Hall–Kier alpha value is -9.15. The SMILES string of the molecule is CC(C)C[C@H]1C(=O)N[C@@H](C(C)C)C(=O)C[C@H](C(=O)N(C)[C@@H](Cc2ccccc2)C(=O)C[C@@H](C)C(=O)N2CCCCC2)CC(=O)N[C@@H](Cc2nn[nH]n2)C(=O)N(C)[C@@H](CC(C)C)C(=O)C[C@H](C(C)C)C(=O)N(C)[C@@H](Cc2ccccc2)C(=O)N(C)[C@@H](C)C(=O)N(C)[C@@H](CC(C)C)C(=O)C[C@@H]([C@@H](C)O)C(=O)N(C)CC(=O)N1C. The third kappa shape index (κ3) is 26.2. The molecular weight excluding hydrogens is 1420 g/mol. The summed E-state index contributed by atoms with van der Waals surface area (Å²) >= 11 is 0. The van der Waals surface area contributed by atoms with Crippen LogP contribution in [0.5, 0.6) is 0 Å². The lowest BCUT2D eigenvalue weighted by Gasteiger charge is -2.38. The van der Waals surface area contributed by atoms with E-state index < -0.39 is 205 Å². The van der Waals surface area contributed by atoms with Gasteiger partial charge in [0, 0.05) is 119 Å². The standard InChI is InChI=1S/C82H126N14O15/c1-48(2)36-62-69(100)45-60(55(13)97)79(108)89(14)47-73(103)91(16)65(38-50(5)6)75(104)84-74(52(9)10)70(101)42-58(78(107)93(18)64(40-56-30-24-21-25-31-56)67(98)39-53(11)76(105)96-34-28-23-29-35-96)43-72(102)83-61(46-71-85-87-88-86-71)81(110)94(19)63(37-49(3)4)68(99)44-59(51(7)8)80(109)95(20)66(41-57-32-26-22-27-33-57)82(111)90(15)54(12)77(106)92(62)17/h21-22,24-27,30-33,48-55,58-66,74,97H,23,28-29,34-47H2,1-20H3,(H,83,102)(H,84,104)(H,85,86,87,88)/t53-,54+,55-,58+,59-,60+,61+,62+,63+,64+,65+,66+,74+/m1/s1. The van der Waals surface area contributed by atoms with Gasteiger partial charge < -0.3 is 54.9 Å². The van der Waals surface area contributed by atoms with Crippen LogP contribution in [-0.4, -0.2) is 271 Å². The number of carbonyl (C=O) groups excluding carboxylic acids is 14. The van der Waals surface area contributed by atoms with Crippen molar-refractivity contribution >= 4 is 82.2 Å². The summed E-state index contributed by atoms with van der Waals surface area (Å²) in [6, 6.07) is 7.29. The van der Waals surface area contributed by atoms with E-state index in [4.69, 9.17) is 0 Å². The highest BCUT2D eigenvalue weighted by molar-refractivity contribution is 6.01. The smallest absolute Gasteiger partial charge is 0.246 e. The molecule has 13 atom stereocenters. The molecule has 2 fully saturated rings. The number of nitrogens with one attached hydrogen (secondary N) is 3. The molecular formula is C82H126N14O15. The average Bonchev–Trinajstić information content (AvgIpc) is 1.01. The van der Waals surface area contributed by atoms with Crippen molar-refractivity contribution in [2.45, 2.75) is 234 Å². The topological polar surface area (TPSA) is 364 Å². The Labute approximate surface area is 656 Å². The summed E-state index contributed by atoms with van der Waals surface area (Å²) in [5.41, 5.74) is 1.31. The first-order valence-electron chi connectivity index (χ1n) is 39.4. The van der Waals surface area contributed by atoms with Crippen molar-refractivity contribution in [1.29, 1.82) is 0 Å². The average molecular weight is 1550 g/mol. The van der Waals surface area contributed by atoms with Crippen molar-refractivity contribution < 1.29 is 72.2 Å². The van der Waals surface area contributed by atoms with Crippen molar-refractivity contribution in [3.8, 4) is 0 Å². The van der Waals surface area contributed by atoms with Crippen LogP contribution < -0.4 is 10.6 Å². The van der Waals surface area contributed by atoms with E-state index in [0.29, 0.717) is 24.2 Å². The second-order valence-corrected chi connectivity index (χ2v) is 32.9. The monoisotopic (exact) mass is 1550 g/mol. The van der Waals surface area contributed by atoms with E-state index in [0.717, 1.165) is 29.1 Å². The molecule has 1 aromatic heterocycles. The molecule has 0 radical (unpaired) electrons. The molecule has 3 aromatic rings. The number of likely N-dealkylation sites (tertiary alicyclic amines) is 1. The molecule has 5 rings (SSSR count). The second kappa shape index (κ2) is 43.0. The van der Waals surface area contributed by atoms with Crippen LogP contribution in [0.1, 0.15) is 178 Å². The van der Waals surface area contributed by atoms with E-state index >= 15 is 33.6 Å². The summed E-state index contributed by atoms with van der Waals surface area (Å²) < 4.78 is 0. The molecule has 0 bridgehead atoms. The highest BCUT2D eigenvalue weighted by atomic mass is 16.3. The van der Waals surface area contributed by atoms with E-state index in [2.05, 4.69) is 31.3 Å². The minimum atomic E-state index is -1.63. The van der Waals surface area contributed by atoms with Crippen LogP contribution in [0.4, 0.5) is 0 Å². The molecule has 0 spiro atoms. The predicted octanol–water partition coefficient (Wildman–Crippen LogP) is 5.21. The van der Waals surface area contributed by atoms with Crippen LogP contribution in [0, 0.1) is 53.3 Å². The van der Waals surface area contributed by atoms with E-state index in [1.807, 2.05) is 41.5 Å². The van der Waals surface area contributed by atoms with Crippen molar-refractivity contribution in [2.75, 3.05) is 69.0 Å². The number of likely N-dealkylation sites (N-methyl/N-ethyl adjacent to an activating group) is 7. The number of aliphatic hydroxyl groups excluding tert-OH is 1. The van der Waals surface area contributed by atoms with Gasteiger partial charge in [0.25, 0.3) is 0 Å². The number of nitrogens with zero attached hydrogens (tertiary/aromatic N) is 11. The predicted molar refractivity (Wildman–Crippen MR) is 418 cm³/mol. The van der Waals surface area contributed by atoms with Gasteiger partial charge >= 0.3 is 0 Å². The molecule has 29 nitrogen and oxygen atoms in total. The summed E-state index contributed by atoms with van der Waals surface area (Å²) in [7, 11) is 9.71. The van der Waals surface area contributed by atoms with Gasteiger partial charge in [-0.2, -0.15) is 5.21 Å². The second-order valence-electron chi connectivity index (χ2n) is 32.9. The fraction of sp³-hybridized carbons (Fsp3) is 0.671. The molecule has 0 saturated carbocycles. The molecule has 2 aromatic carbocycles. The van der Waals surface area contributed by atoms with E-state index in [1.165, 1.54) is 87.7 Å². The number of rotatable bonds is 21. The fourth-order valence-electron chi connectivity index (χ4n) is 14.8. The lowest BCUT2D eigenvalue weighted by atomic mass is 9.85. The largest absolute Gasteiger partial charge is 0.393 e. The van der Waals surface area contributed by atoms with Crippen molar-refractivity contribution in [1.82, 2.24) is 70.5 Å². The number of H-pyrrole nitrogens is 1. The molecule has 29 heteroatoms. The van der Waals surface area contributed by atoms with Crippen LogP contribution >= 0.6 is 0 Å². The number of hydrogen-bond donors (Lipinski definition) is 4. The fourth-order valence-corrected chi connectivity index (χ4v) is 14.8. The number of hydrogen-bond acceptors (Lipinski definition) is 18. The summed E-state index contributed by atoms with van der Waals surface area (Å²) in [5.74, 6) is -16.3. The summed E-state index contributed by atoms with van der Waals surface area (Å²) in [4.78, 5) is 220. The third-order valence-corrected chi connectivity index (χ3v) is 21.9. The van der Waals surface area contributed by atoms with Gasteiger partial charge in [0.1, 0.15) is 24.2 Å². The number of aromatic nitrogens is 4. The number of aliphatic hydroxyl groups is 1. The number of tetrazole rings is 1. The van der Waals surface area contributed by atoms with Gasteiger partial charge in [0.15, 0.2) is 29.0 Å². The van der Waals surface area contributed by atoms with E-state index in [-0.39, 0.29) is 68.0 Å². The maximum absolute atomic E-state index is 15.7. The summed E-state index contributed by atoms with van der Waals surface area (Å²) in [6.45, 7) is 22.7. The van der Waals surface area contributed by atoms with Gasteiger partial charge in [-0.15, -0.1) is 10.2 Å². The summed E-state index contributed by atoms with van der Waals surface area (Å²) in [6.07, 6.45) is -1.93. The molecule has 3 heterocycles. The first-order chi connectivity index (χ1) is 52.1. The Morgan fingerprint density at radius 2 is 1.07 bits per heavy atom. The van der Waals surface area contributed by atoms with E-state index in [9.17, 15) is 38.7 Å². The summed E-state index contributed by atoms with van der Waals surface area (Å²) in [5, 5.41) is 31.1. The zero-order valence-corrected chi connectivity index (χ0v) is 69.3. The van der Waals surface area contributed by atoms with Crippen molar-refractivity contribution in [3.05, 3.63) is 77.6 Å². The molecule has 0 unspecified atom stereocenters. The van der Waals surface area contributed by atoms with Crippen LogP contribution in [0.3, 0.4) is 0 Å². The van der Waals surface area contributed by atoms with Crippen LogP contribution in [0.2, 0.25) is 0 Å². The normalized spacial score (nSPS) is 24.4. The highest BCUT2D eigenvalue weighted by Crippen LogP contribution is 2.29. The van der Waals surface area contributed by atoms with Crippen molar-refractivity contribution in [2.24, 2.45) is 53.3 Å². The maximum Gasteiger partial charge on any atom is 0.246 e. The molecule has 4 N–H and O–H groups in total. The Kier molecular flexibility index (Phi) is 35.8. The van der Waals surface area contributed by atoms with E-state index in [1.54, 1.807) is 100 Å². The molecule has 111 heavy (non-hydrogen) atoms. The zero-order valence-electron chi connectivity index (χ0n) is 69.3. The van der Waals surface area contributed by atoms with Gasteiger partial charge in [0.2, 0.25) is 59.1 Å². The number of carbonyl (C=O) groups is 14. The van der Waals surface area contributed by atoms with Crippen LogP contribution in [0.15, 0.2) is 60.7 Å². The molecule has 2 aliphatic heterocycles. The number of benzene rings is 2. The first-order valence-corrected chi connectivity index (χ1v) is 39.4. The van der Waals surface area contributed by atoms with Crippen molar-refractivity contribution in [3.63, 3.8) is 0 Å². The quantitative estimate of drug-likeness (QED) is 0.106. The Balaban J connectivity index is 1.71. The Morgan fingerprint density at radius 1 is 0.550 bits per heavy atom. The lowest BCUT2D eigenvalue weighted by molar-refractivity contribution is -0.153. The number of piperidine rings is 1. The lowest BCUT2D eigenvalue weighted by Crippen LogP contribution is -2.57. The molecule has 10 amide bonds. The molecule has 2 aliphatic rings. The van der Waals surface area contributed by atoms with Gasteiger partial charge in [-0.25, -0.2) is 0 Å². The van der Waals surface area contributed by atoms with Gasteiger partial charge in [-0.1, -0.05) is 142 Å². The van der Waals surface area contributed by atoms with Gasteiger partial charge in [0.05, 0.1) is 48.7 Å². The number of ketones is 4. The van der Waals surface area contributed by atoms with Gasteiger partial charge in [-0.05, 0) is 99.5 Å². The van der Waals surface area contributed by atoms with Crippen LogP contribution in [-0.2, 0) is 86.4 Å². The first kappa shape index (κ1) is 92.5. The van der Waals surface area contributed by atoms with Crippen LogP contribution in [0.25, 0.3) is 0 Å². The number of amides is 10. The molecule has 2 saturated heterocycles. The van der Waals surface area contributed by atoms with Gasteiger partial charge in [-0.3, -0.25) is 67.1 Å². The Bertz CT molecular complexity index is 3660. The Morgan fingerprint density at radius 3 is 1.59 bits per heavy atom. The molecule has 0 aliphatic carbocycles. The zero-order chi connectivity index (χ0) is 83.2. The highest BCUT2D eigenvalue weighted by Gasteiger charge is 2.45. The molecule has 614 valence electrons. The number of Topliss-reactive ketones (excluding diaryl/α,β-unsaturated/α-hetero) is 4. The minimum absolute atomic E-state index is 0.0315. The third-order valence-electron chi connectivity index (χ3n) is 21.9. The number of aromatic amines is 1. The minimum Gasteiger partial charge on any atom is -0.393 e.